The molecule has 2 heterocycles. The van der Waals surface area contributed by atoms with Crippen molar-refractivity contribution in [3.63, 3.8) is 0 Å². The number of benzene rings is 1. The summed E-state index contributed by atoms with van der Waals surface area (Å²) in [6.45, 7) is 11.0. The smallest absolute Gasteiger partial charge is 0.256 e. The first-order valence-electron chi connectivity index (χ1n) is 11.2. The van der Waals surface area contributed by atoms with Crippen LogP contribution in [0.25, 0.3) is 0 Å². The Hall–Kier alpha value is -2.04. The van der Waals surface area contributed by atoms with Gasteiger partial charge in [0.25, 0.3) is 5.91 Å². The van der Waals surface area contributed by atoms with Crippen molar-refractivity contribution >= 4 is 17.5 Å². The highest BCUT2D eigenvalue weighted by Crippen LogP contribution is 2.28. The van der Waals surface area contributed by atoms with Crippen molar-refractivity contribution in [1.82, 2.24) is 10.2 Å². The van der Waals surface area contributed by atoms with Crippen LogP contribution in [0.2, 0.25) is 0 Å². The van der Waals surface area contributed by atoms with E-state index in [0.29, 0.717) is 12.5 Å². The predicted octanol–water partition coefficient (Wildman–Crippen LogP) is 4.22. The van der Waals surface area contributed by atoms with E-state index in [2.05, 4.69) is 44.0 Å². The molecule has 1 atom stereocenters. The fourth-order valence-electron chi connectivity index (χ4n) is 4.51. The lowest BCUT2D eigenvalue weighted by molar-refractivity contribution is -0.123. The molecule has 0 aliphatic carbocycles. The molecule has 160 valence electrons. The average Bonchev–Trinajstić information content (AvgIpc) is 2.67. The van der Waals surface area contributed by atoms with Gasteiger partial charge in [-0.15, -0.1) is 0 Å². The van der Waals surface area contributed by atoms with Crippen LogP contribution in [-0.2, 0) is 4.79 Å². The van der Waals surface area contributed by atoms with E-state index in [1.165, 1.54) is 6.42 Å². The Labute approximate surface area is 175 Å². The van der Waals surface area contributed by atoms with E-state index in [1.54, 1.807) is 0 Å². The van der Waals surface area contributed by atoms with Gasteiger partial charge in [0.05, 0.1) is 5.56 Å². The molecule has 1 aromatic rings. The van der Waals surface area contributed by atoms with Crippen LogP contribution in [0.15, 0.2) is 24.3 Å². The zero-order valence-electron chi connectivity index (χ0n) is 18.5. The molecular weight excluding hydrogens is 362 g/mol. The number of carbonyl (C=O) groups is 2. The summed E-state index contributed by atoms with van der Waals surface area (Å²) >= 11 is 0. The second-order valence-corrected chi connectivity index (χ2v) is 9.93. The summed E-state index contributed by atoms with van der Waals surface area (Å²) in [5.41, 5.74) is 1.86. The van der Waals surface area contributed by atoms with Crippen molar-refractivity contribution in [1.29, 1.82) is 0 Å². The summed E-state index contributed by atoms with van der Waals surface area (Å²) in [5.74, 6) is 0.305. The summed E-state index contributed by atoms with van der Waals surface area (Å²) in [6.07, 6.45) is 5.78. The van der Waals surface area contributed by atoms with E-state index >= 15 is 0 Å². The zero-order valence-corrected chi connectivity index (χ0v) is 18.5. The van der Waals surface area contributed by atoms with Gasteiger partial charge in [-0.1, -0.05) is 32.9 Å². The molecule has 2 fully saturated rings. The minimum absolute atomic E-state index is 0.00960. The van der Waals surface area contributed by atoms with Crippen LogP contribution in [0.5, 0.6) is 0 Å². The second-order valence-electron chi connectivity index (χ2n) is 9.93. The average molecular weight is 400 g/mol. The maximum absolute atomic E-state index is 13.3. The lowest BCUT2D eigenvalue weighted by Crippen LogP contribution is -2.46. The third kappa shape index (κ3) is 5.74. The van der Waals surface area contributed by atoms with Crippen LogP contribution in [0.4, 0.5) is 5.69 Å². The maximum Gasteiger partial charge on any atom is 0.256 e. The third-order valence-electron chi connectivity index (χ3n) is 6.09. The first kappa shape index (κ1) is 21.7. The number of likely N-dealkylation sites (tertiary alicyclic amines) is 1. The van der Waals surface area contributed by atoms with Gasteiger partial charge in [0.1, 0.15) is 0 Å². The maximum atomic E-state index is 13.3. The van der Waals surface area contributed by atoms with Crippen molar-refractivity contribution in [3.8, 4) is 0 Å². The zero-order chi connectivity index (χ0) is 21.0. The molecule has 5 heteroatoms. The molecule has 5 nitrogen and oxygen atoms in total. The van der Waals surface area contributed by atoms with Gasteiger partial charge in [-0.25, -0.2) is 0 Å². The van der Waals surface area contributed by atoms with E-state index in [-0.39, 0.29) is 23.3 Å². The Bertz CT molecular complexity index is 717. The Morgan fingerprint density at radius 2 is 1.72 bits per heavy atom. The lowest BCUT2D eigenvalue weighted by atomic mass is 9.91. The van der Waals surface area contributed by atoms with Crippen molar-refractivity contribution in [2.45, 2.75) is 78.3 Å². The molecule has 2 aliphatic rings. The number of nitrogens with one attached hydrogen (secondary N) is 1. The minimum Gasteiger partial charge on any atom is -0.371 e. The van der Waals surface area contributed by atoms with Crippen molar-refractivity contribution in [3.05, 3.63) is 29.8 Å². The Morgan fingerprint density at radius 3 is 2.38 bits per heavy atom. The van der Waals surface area contributed by atoms with E-state index in [4.69, 9.17) is 0 Å². The summed E-state index contributed by atoms with van der Waals surface area (Å²) in [7, 11) is 0. The molecule has 2 amide bonds. The molecule has 0 radical (unpaired) electrons. The van der Waals surface area contributed by atoms with Crippen LogP contribution in [0.3, 0.4) is 0 Å². The highest BCUT2D eigenvalue weighted by molar-refractivity contribution is 6.00. The normalized spacial score (nSPS) is 21.2. The number of para-hydroxylation sites is 1. The van der Waals surface area contributed by atoms with Gasteiger partial charge < -0.3 is 15.1 Å². The first-order valence-corrected chi connectivity index (χ1v) is 11.2. The van der Waals surface area contributed by atoms with Gasteiger partial charge >= 0.3 is 0 Å². The topological polar surface area (TPSA) is 52.7 Å². The minimum atomic E-state index is 0.00960. The molecule has 0 spiro atoms. The summed E-state index contributed by atoms with van der Waals surface area (Å²) < 4.78 is 0. The fourth-order valence-corrected chi connectivity index (χ4v) is 4.51. The van der Waals surface area contributed by atoms with Crippen molar-refractivity contribution < 1.29 is 9.59 Å². The first-order chi connectivity index (χ1) is 13.7. The molecule has 3 rings (SSSR count). The Morgan fingerprint density at radius 1 is 1.03 bits per heavy atom. The fraction of sp³-hybridized carbons (Fsp3) is 0.667. The van der Waals surface area contributed by atoms with Gasteiger partial charge in [0.2, 0.25) is 5.91 Å². The molecule has 1 unspecified atom stereocenters. The molecule has 1 aromatic carbocycles. The van der Waals surface area contributed by atoms with Crippen LogP contribution in [0.1, 0.15) is 76.6 Å². The summed E-state index contributed by atoms with van der Waals surface area (Å²) in [6, 6.07) is 8.56. The van der Waals surface area contributed by atoms with Gasteiger partial charge in [-0.05, 0) is 56.6 Å². The molecular formula is C24H37N3O2. The molecule has 1 N–H and O–H groups in total. The Balaban J connectivity index is 1.63. The second kappa shape index (κ2) is 9.19. The molecule has 29 heavy (non-hydrogen) atoms. The van der Waals surface area contributed by atoms with Crippen LogP contribution in [0, 0.1) is 5.41 Å². The number of hydrogen-bond acceptors (Lipinski definition) is 3. The number of carbonyl (C=O) groups excluding carboxylic acids is 2. The quantitative estimate of drug-likeness (QED) is 0.825. The summed E-state index contributed by atoms with van der Waals surface area (Å²) in [5, 5.41) is 3.20. The molecule has 0 bridgehead atoms. The summed E-state index contributed by atoms with van der Waals surface area (Å²) in [4.78, 5) is 29.9. The number of nitrogens with zero attached hydrogens (tertiary/aromatic N) is 2. The van der Waals surface area contributed by atoms with Gasteiger partial charge in [0.15, 0.2) is 0 Å². The molecule has 0 aromatic heterocycles. The van der Waals surface area contributed by atoms with E-state index in [0.717, 1.165) is 56.6 Å². The number of rotatable bonds is 4. The Kier molecular flexibility index (Phi) is 6.86. The SMILES string of the molecule is CC1CCCCN1C(=O)c1ccccc1N1CCC(NC(=O)CC(C)(C)C)CC1. The van der Waals surface area contributed by atoms with Crippen molar-refractivity contribution in [2.75, 3.05) is 24.5 Å². The lowest BCUT2D eigenvalue weighted by Gasteiger charge is -2.37. The number of hydrogen-bond donors (Lipinski definition) is 1. The van der Waals surface area contributed by atoms with E-state index < -0.39 is 0 Å². The molecule has 2 aliphatic heterocycles. The highest BCUT2D eigenvalue weighted by atomic mass is 16.2. The van der Waals surface area contributed by atoms with E-state index in [9.17, 15) is 9.59 Å². The standard InChI is InChI=1S/C24H37N3O2/c1-18-9-7-8-14-27(18)23(29)20-10-5-6-11-21(20)26-15-12-19(13-16-26)25-22(28)17-24(2,3)4/h5-6,10-11,18-19H,7-9,12-17H2,1-4H3,(H,25,28). The largest absolute Gasteiger partial charge is 0.371 e. The van der Waals surface area contributed by atoms with Gasteiger partial charge in [-0.2, -0.15) is 0 Å². The van der Waals surface area contributed by atoms with E-state index in [1.807, 2.05) is 23.1 Å². The monoisotopic (exact) mass is 399 g/mol. The molecule has 0 saturated carbocycles. The molecule has 2 saturated heterocycles. The number of anilines is 1. The van der Waals surface area contributed by atoms with Gasteiger partial charge in [-0.3, -0.25) is 9.59 Å². The van der Waals surface area contributed by atoms with Crippen LogP contribution >= 0.6 is 0 Å². The van der Waals surface area contributed by atoms with Crippen LogP contribution < -0.4 is 10.2 Å². The van der Waals surface area contributed by atoms with Crippen molar-refractivity contribution in [2.24, 2.45) is 5.41 Å². The number of amides is 2. The van der Waals surface area contributed by atoms with Crippen LogP contribution in [-0.4, -0.2) is 48.4 Å². The third-order valence-corrected chi connectivity index (χ3v) is 6.09. The number of piperidine rings is 2. The highest BCUT2D eigenvalue weighted by Gasteiger charge is 2.29. The predicted molar refractivity (Wildman–Crippen MR) is 118 cm³/mol. The van der Waals surface area contributed by atoms with Gasteiger partial charge in [0, 0.05) is 43.8 Å².